The number of halogens is 2. The maximum atomic E-state index is 13.9. The van der Waals surface area contributed by atoms with Gasteiger partial charge in [0.25, 0.3) is 5.69 Å². The van der Waals surface area contributed by atoms with Crippen LogP contribution in [0.1, 0.15) is 32.4 Å². The van der Waals surface area contributed by atoms with Gasteiger partial charge < -0.3 is 4.74 Å². The fraction of sp³-hybridized carbons (Fsp3) is 0.276. The standard InChI is InChI=1S/C29H27Br2N3O8S2/c1-20(35)42-29(2,3)17-4-18-32(43(38,39)25-13-9-23(31)10-14-25)19-27-28(21-5-7-22(30)8-6-21)33(27)44(40,41)26-15-11-24(12-16-26)34(36)37/h5-16,27-28H,18-19H2,1-3H3. The van der Waals surface area contributed by atoms with E-state index in [9.17, 15) is 31.7 Å². The average molecular weight is 769 g/mol. The highest BCUT2D eigenvalue weighted by molar-refractivity contribution is 9.10. The number of nitro groups is 1. The minimum absolute atomic E-state index is 0.0210. The molecule has 1 heterocycles. The Morgan fingerprint density at radius 1 is 0.955 bits per heavy atom. The zero-order valence-corrected chi connectivity index (χ0v) is 28.5. The van der Waals surface area contributed by atoms with Crippen molar-refractivity contribution in [2.24, 2.45) is 0 Å². The molecule has 0 amide bonds. The van der Waals surface area contributed by atoms with Gasteiger partial charge in [0.15, 0.2) is 5.60 Å². The van der Waals surface area contributed by atoms with Gasteiger partial charge in [0.2, 0.25) is 20.0 Å². The Morgan fingerprint density at radius 2 is 1.48 bits per heavy atom. The van der Waals surface area contributed by atoms with Gasteiger partial charge in [0.1, 0.15) is 0 Å². The number of hydrogen-bond acceptors (Lipinski definition) is 8. The Bertz CT molecular complexity index is 1840. The van der Waals surface area contributed by atoms with Gasteiger partial charge in [-0.2, -0.15) is 8.61 Å². The van der Waals surface area contributed by atoms with E-state index in [0.29, 0.717) is 10.0 Å². The second kappa shape index (κ2) is 13.1. The molecule has 3 aromatic rings. The maximum absolute atomic E-state index is 13.9. The molecule has 1 aliphatic heterocycles. The topological polar surface area (TPSA) is 144 Å². The average Bonchev–Trinajstić information content (AvgIpc) is 3.67. The normalized spacial score (nSPS) is 18.3. The van der Waals surface area contributed by atoms with Crippen LogP contribution in [0.15, 0.2) is 91.5 Å². The largest absolute Gasteiger partial charge is 0.447 e. The van der Waals surface area contributed by atoms with Crippen molar-refractivity contribution in [1.82, 2.24) is 8.61 Å². The molecule has 44 heavy (non-hydrogen) atoms. The molecule has 0 saturated carbocycles. The molecule has 3 atom stereocenters. The van der Waals surface area contributed by atoms with E-state index in [4.69, 9.17) is 4.74 Å². The van der Waals surface area contributed by atoms with E-state index in [1.54, 1.807) is 50.2 Å². The van der Waals surface area contributed by atoms with Crippen LogP contribution in [0.25, 0.3) is 0 Å². The van der Waals surface area contributed by atoms with Crippen LogP contribution in [-0.4, -0.2) is 61.1 Å². The van der Waals surface area contributed by atoms with Crippen molar-refractivity contribution in [3.05, 3.63) is 97.4 Å². The second-order valence-electron chi connectivity index (χ2n) is 10.3. The van der Waals surface area contributed by atoms with Crippen molar-refractivity contribution in [1.29, 1.82) is 0 Å². The lowest BCUT2D eigenvalue weighted by Gasteiger charge is -2.21. The van der Waals surface area contributed by atoms with Gasteiger partial charge in [-0.05, 0) is 67.9 Å². The number of carbonyl (C=O) groups is 1. The van der Waals surface area contributed by atoms with Crippen molar-refractivity contribution in [3.63, 3.8) is 0 Å². The number of sulfonamides is 2. The first-order chi connectivity index (χ1) is 20.5. The number of non-ortho nitro benzene ring substituents is 1. The molecule has 0 bridgehead atoms. The molecule has 0 radical (unpaired) electrons. The van der Waals surface area contributed by atoms with Crippen LogP contribution in [0.3, 0.4) is 0 Å². The third-order valence-corrected chi connectivity index (χ3v) is 11.4. The summed E-state index contributed by atoms with van der Waals surface area (Å²) in [5.41, 5.74) is -0.825. The van der Waals surface area contributed by atoms with Gasteiger partial charge in [0.05, 0.1) is 33.3 Å². The lowest BCUT2D eigenvalue weighted by molar-refractivity contribution is -0.384. The van der Waals surface area contributed by atoms with Gasteiger partial charge in [0, 0.05) is 34.5 Å². The number of esters is 1. The zero-order chi connectivity index (χ0) is 32.4. The summed E-state index contributed by atoms with van der Waals surface area (Å²) >= 11 is 6.67. The first-order valence-electron chi connectivity index (χ1n) is 13.0. The lowest BCUT2D eigenvalue weighted by atomic mass is 10.1. The number of nitro benzene ring substituents is 1. The summed E-state index contributed by atoms with van der Waals surface area (Å²) in [5.74, 6) is 5.02. The fourth-order valence-electron chi connectivity index (χ4n) is 4.59. The van der Waals surface area contributed by atoms with E-state index >= 15 is 0 Å². The van der Waals surface area contributed by atoms with Crippen LogP contribution in [0, 0.1) is 22.0 Å². The predicted octanol–water partition coefficient (Wildman–Crippen LogP) is 5.27. The summed E-state index contributed by atoms with van der Waals surface area (Å²) in [6.45, 7) is 3.80. The van der Waals surface area contributed by atoms with Crippen LogP contribution >= 0.6 is 31.9 Å². The quantitative estimate of drug-likeness (QED) is 0.0893. The molecule has 1 fully saturated rings. The molecule has 0 aliphatic carbocycles. The Hall–Kier alpha value is -3.13. The molecule has 15 heteroatoms. The van der Waals surface area contributed by atoms with Crippen molar-refractivity contribution < 1.29 is 31.3 Å². The molecule has 1 saturated heterocycles. The minimum Gasteiger partial charge on any atom is -0.447 e. The lowest BCUT2D eigenvalue weighted by Crippen LogP contribution is -2.36. The van der Waals surface area contributed by atoms with E-state index in [-0.39, 0.29) is 28.6 Å². The number of rotatable bonds is 10. The molecular weight excluding hydrogens is 742 g/mol. The number of hydrogen-bond donors (Lipinski definition) is 0. The van der Waals surface area contributed by atoms with Crippen molar-refractivity contribution in [2.45, 2.75) is 48.2 Å². The number of ether oxygens (including phenoxy) is 1. The van der Waals surface area contributed by atoms with Crippen molar-refractivity contribution in [3.8, 4) is 11.8 Å². The third-order valence-electron chi connectivity index (χ3n) is 6.60. The first-order valence-corrected chi connectivity index (χ1v) is 17.5. The van der Waals surface area contributed by atoms with Gasteiger partial charge >= 0.3 is 5.97 Å². The van der Waals surface area contributed by atoms with Gasteiger partial charge in [-0.25, -0.2) is 16.8 Å². The van der Waals surface area contributed by atoms with E-state index in [1.165, 1.54) is 23.4 Å². The number of carbonyl (C=O) groups excluding carboxylic acids is 1. The fourth-order valence-corrected chi connectivity index (χ4v) is 8.25. The molecule has 0 aromatic heterocycles. The highest BCUT2D eigenvalue weighted by atomic mass is 79.9. The summed E-state index contributed by atoms with van der Waals surface area (Å²) in [6, 6.07) is 15.9. The Balaban J connectivity index is 1.74. The summed E-state index contributed by atoms with van der Waals surface area (Å²) < 4.78 is 64.3. The van der Waals surface area contributed by atoms with Crippen LogP contribution in [-0.2, 0) is 29.6 Å². The Kier molecular flexibility index (Phi) is 10.0. The summed E-state index contributed by atoms with van der Waals surface area (Å²) in [4.78, 5) is 21.8. The zero-order valence-electron chi connectivity index (χ0n) is 23.7. The first kappa shape index (κ1) is 33.8. The number of nitrogens with zero attached hydrogens (tertiary/aromatic N) is 3. The van der Waals surface area contributed by atoms with Crippen LogP contribution in [0.5, 0.6) is 0 Å². The van der Waals surface area contributed by atoms with E-state index in [1.807, 2.05) is 0 Å². The van der Waals surface area contributed by atoms with Gasteiger partial charge in [-0.15, -0.1) is 0 Å². The number of benzene rings is 3. The predicted molar refractivity (Wildman–Crippen MR) is 169 cm³/mol. The third kappa shape index (κ3) is 7.74. The monoisotopic (exact) mass is 767 g/mol. The van der Waals surface area contributed by atoms with E-state index < -0.39 is 48.6 Å². The highest BCUT2D eigenvalue weighted by Gasteiger charge is 2.57. The second-order valence-corrected chi connectivity index (χ2v) is 15.9. The molecule has 1 aliphatic rings. The molecule has 0 N–H and O–H groups in total. The molecule has 4 rings (SSSR count). The van der Waals surface area contributed by atoms with E-state index in [2.05, 4.69) is 43.7 Å². The Morgan fingerprint density at radius 3 is 2.00 bits per heavy atom. The smallest absolute Gasteiger partial charge is 0.304 e. The summed E-state index contributed by atoms with van der Waals surface area (Å²) in [6.07, 6.45) is 0. The Labute approximate surface area is 272 Å². The molecular formula is C29H27Br2N3O8S2. The van der Waals surface area contributed by atoms with Crippen LogP contribution < -0.4 is 0 Å². The molecule has 11 nitrogen and oxygen atoms in total. The summed E-state index contributed by atoms with van der Waals surface area (Å²) in [5, 5.41) is 11.1. The molecule has 232 valence electrons. The highest BCUT2D eigenvalue weighted by Crippen LogP contribution is 2.48. The van der Waals surface area contributed by atoms with E-state index in [0.717, 1.165) is 33.0 Å². The minimum atomic E-state index is -4.21. The van der Waals surface area contributed by atoms with Gasteiger partial charge in [-0.3, -0.25) is 14.9 Å². The summed E-state index contributed by atoms with van der Waals surface area (Å²) in [7, 11) is -8.38. The molecule has 0 spiro atoms. The molecule has 3 aromatic carbocycles. The van der Waals surface area contributed by atoms with Crippen molar-refractivity contribution >= 4 is 63.6 Å². The van der Waals surface area contributed by atoms with Crippen LogP contribution in [0.2, 0.25) is 0 Å². The molecule has 3 unspecified atom stereocenters. The van der Waals surface area contributed by atoms with Crippen LogP contribution in [0.4, 0.5) is 5.69 Å². The van der Waals surface area contributed by atoms with Crippen molar-refractivity contribution in [2.75, 3.05) is 13.1 Å². The SMILES string of the molecule is CC(=O)OC(C)(C)C#CCN(CC1C(c2ccc(Br)cc2)N1S(=O)(=O)c1ccc([N+](=O)[O-])cc1)S(=O)(=O)c1ccc(Br)cc1. The van der Waals surface area contributed by atoms with Gasteiger partial charge in [-0.1, -0.05) is 55.8 Å². The maximum Gasteiger partial charge on any atom is 0.304 e.